The summed E-state index contributed by atoms with van der Waals surface area (Å²) in [7, 11) is -1.73. The molecular formula is C13H20N2O2S. The van der Waals surface area contributed by atoms with E-state index in [-0.39, 0.29) is 0 Å². The predicted molar refractivity (Wildman–Crippen MR) is 73.5 cm³/mol. The molecule has 0 saturated carbocycles. The molecule has 0 saturated heterocycles. The Hall–Kier alpha value is -1.07. The summed E-state index contributed by atoms with van der Waals surface area (Å²) in [6.45, 7) is 5.26. The van der Waals surface area contributed by atoms with Crippen LogP contribution in [0.25, 0.3) is 0 Å². The average molecular weight is 268 g/mol. The van der Waals surface area contributed by atoms with Crippen LogP contribution in [0.3, 0.4) is 0 Å². The average Bonchev–Trinajstić information content (AvgIpc) is 2.38. The number of rotatable bonds is 3. The van der Waals surface area contributed by atoms with Gasteiger partial charge in [0.1, 0.15) is 0 Å². The molecule has 0 bridgehead atoms. The van der Waals surface area contributed by atoms with Crippen LogP contribution < -0.4 is 5.32 Å². The van der Waals surface area contributed by atoms with Gasteiger partial charge in [0.15, 0.2) is 0 Å². The molecule has 4 nitrogen and oxygen atoms in total. The topological polar surface area (TPSA) is 49.4 Å². The third-order valence-corrected chi connectivity index (χ3v) is 5.53. The maximum Gasteiger partial charge on any atom is 0.243 e. The maximum atomic E-state index is 12.4. The van der Waals surface area contributed by atoms with Crippen molar-refractivity contribution < 1.29 is 8.42 Å². The van der Waals surface area contributed by atoms with E-state index in [9.17, 15) is 8.42 Å². The summed E-state index contributed by atoms with van der Waals surface area (Å²) in [6, 6.07) is 3.62. The van der Waals surface area contributed by atoms with E-state index in [1.54, 1.807) is 13.1 Å². The summed E-state index contributed by atoms with van der Waals surface area (Å²) in [6.07, 6.45) is 1.81. The fraction of sp³-hybridized carbons (Fsp3) is 0.538. The van der Waals surface area contributed by atoms with Crippen molar-refractivity contribution in [3.05, 3.63) is 23.3 Å². The number of nitrogens with zero attached hydrogens (tertiary/aromatic N) is 1. The highest BCUT2D eigenvalue weighted by Crippen LogP contribution is 2.32. The van der Waals surface area contributed by atoms with Crippen LogP contribution in [0, 0.1) is 6.92 Å². The molecule has 0 unspecified atom stereocenters. The third kappa shape index (κ3) is 2.12. The smallest absolute Gasteiger partial charge is 0.243 e. The number of fused-ring (bicyclic) bond motifs is 1. The lowest BCUT2D eigenvalue weighted by Gasteiger charge is -2.25. The van der Waals surface area contributed by atoms with Crippen molar-refractivity contribution in [2.75, 3.05) is 25.5 Å². The summed E-state index contributed by atoms with van der Waals surface area (Å²) in [5, 5.41) is 3.32. The van der Waals surface area contributed by atoms with E-state index in [0.717, 1.165) is 36.2 Å². The van der Waals surface area contributed by atoms with Gasteiger partial charge >= 0.3 is 0 Å². The van der Waals surface area contributed by atoms with Crippen molar-refractivity contribution in [2.45, 2.75) is 31.6 Å². The fourth-order valence-electron chi connectivity index (χ4n) is 2.30. The minimum absolute atomic E-state index is 0.458. The molecule has 1 aromatic carbocycles. The molecule has 0 atom stereocenters. The Morgan fingerprint density at radius 2 is 2.11 bits per heavy atom. The first-order chi connectivity index (χ1) is 8.48. The first-order valence-corrected chi connectivity index (χ1v) is 7.75. The number of hydrogen-bond donors (Lipinski definition) is 1. The van der Waals surface area contributed by atoms with Crippen LogP contribution in [0.15, 0.2) is 17.0 Å². The molecule has 0 spiro atoms. The van der Waals surface area contributed by atoms with E-state index < -0.39 is 10.0 Å². The molecular weight excluding hydrogens is 248 g/mol. The Labute approximate surface area is 109 Å². The largest absolute Gasteiger partial charge is 0.385 e. The van der Waals surface area contributed by atoms with Gasteiger partial charge in [-0.05, 0) is 37.0 Å². The Morgan fingerprint density at radius 1 is 1.39 bits per heavy atom. The number of anilines is 1. The van der Waals surface area contributed by atoms with Gasteiger partial charge in [0, 0.05) is 25.8 Å². The summed E-state index contributed by atoms with van der Waals surface area (Å²) in [5.41, 5.74) is 3.07. The second kappa shape index (κ2) is 4.90. The van der Waals surface area contributed by atoms with Gasteiger partial charge in [-0.3, -0.25) is 0 Å². The molecule has 1 aliphatic rings. The van der Waals surface area contributed by atoms with Crippen LogP contribution in [-0.4, -0.2) is 32.9 Å². The monoisotopic (exact) mass is 268 g/mol. The van der Waals surface area contributed by atoms with Gasteiger partial charge in [-0.2, -0.15) is 0 Å². The summed E-state index contributed by atoms with van der Waals surface area (Å²) in [4.78, 5) is 0.458. The van der Waals surface area contributed by atoms with E-state index in [1.807, 2.05) is 19.9 Å². The molecule has 1 heterocycles. The second-order valence-electron chi connectivity index (χ2n) is 4.68. The lowest BCUT2D eigenvalue weighted by atomic mass is 10.00. The predicted octanol–water partition coefficient (Wildman–Crippen LogP) is 1.99. The van der Waals surface area contributed by atoms with Gasteiger partial charge in [0.2, 0.25) is 10.0 Å². The van der Waals surface area contributed by atoms with Crippen molar-refractivity contribution in [2.24, 2.45) is 0 Å². The Balaban J connectivity index is 2.59. The molecule has 0 aromatic heterocycles. The zero-order chi connectivity index (χ0) is 13.3. The normalized spacial score (nSPS) is 15.3. The maximum absolute atomic E-state index is 12.4. The molecule has 1 N–H and O–H groups in total. The van der Waals surface area contributed by atoms with Crippen molar-refractivity contribution in [1.82, 2.24) is 4.31 Å². The van der Waals surface area contributed by atoms with Gasteiger partial charge in [0.05, 0.1) is 4.90 Å². The van der Waals surface area contributed by atoms with Crippen molar-refractivity contribution >= 4 is 15.7 Å². The van der Waals surface area contributed by atoms with E-state index >= 15 is 0 Å². The van der Waals surface area contributed by atoms with E-state index in [1.165, 1.54) is 4.31 Å². The van der Waals surface area contributed by atoms with E-state index in [2.05, 4.69) is 5.32 Å². The number of sulfonamides is 1. The molecule has 100 valence electrons. The van der Waals surface area contributed by atoms with E-state index in [0.29, 0.717) is 11.4 Å². The molecule has 0 amide bonds. The number of hydrogen-bond acceptors (Lipinski definition) is 3. The Morgan fingerprint density at radius 3 is 2.78 bits per heavy atom. The number of benzene rings is 1. The zero-order valence-corrected chi connectivity index (χ0v) is 12.0. The lowest BCUT2D eigenvalue weighted by molar-refractivity contribution is 0.485. The molecule has 0 radical (unpaired) electrons. The molecule has 1 aliphatic heterocycles. The van der Waals surface area contributed by atoms with Gasteiger partial charge in [-0.15, -0.1) is 0 Å². The van der Waals surface area contributed by atoms with Crippen LogP contribution in [-0.2, 0) is 16.4 Å². The van der Waals surface area contributed by atoms with Crippen molar-refractivity contribution in [1.29, 1.82) is 0 Å². The van der Waals surface area contributed by atoms with Gasteiger partial charge in [-0.1, -0.05) is 13.0 Å². The van der Waals surface area contributed by atoms with Crippen LogP contribution in [0.1, 0.15) is 24.5 Å². The fourth-order valence-corrected chi connectivity index (χ4v) is 3.73. The summed E-state index contributed by atoms with van der Waals surface area (Å²) < 4.78 is 26.3. The molecule has 0 aliphatic carbocycles. The highest BCUT2D eigenvalue weighted by atomic mass is 32.2. The quantitative estimate of drug-likeness (QED) is 0.912. The Bertz CT molecular complexity index is 552. The first kappa shape index (κ1) is 13.4. The third-order valence-electron chi connectivity index (χ3n) is 3.52. The van der Waals surface area contributed by atoms with Crippen LogP contribution >= 0.6 is 0 Å². The van der Waals surface area contributed by atoms with Gasteiger partial charge < -0.3 is 5.32 Å². The van der Waals surface area contributed by atoms with Crippen LogP contribution in [0.4, 0.5) is 5.69 Å². The minimum atomic E-state index is -3.35. The highest BCUT2D eigenvalue weighted by Gasteiger charge is 2.26. The molecule has 1 aromatic rings. The second-order valence-corrected chi connectivity index (χ2v) is 6.70. The van der Waals surface area contributed by atoms with Crippen LogP contribution in [0.2, 0.25) is 0 Å². The standard InChI is InChI=1S/C13H20N2O2S/c1-4-15(3)18(16,17)12-8-7-10(2)13-11(12)6-5-9-14-13/h7-8,14H,4-6,9H2,1-3H3. The summed E-state index contributed by atoms with van der Waals surface area (Å²) >= 11 is 0. The number of aryl methyl sites for hydroxylation is 1. The zero-order valence-electron chi connectivity index (χ0n) is 11.2. The Kier molecular flexibility index (Phi) is 3.64. The highest BCUT2D eigenvalue weighted by molar-refractivity contribution is 7.89. The minimum Gasteiger partial charge on any atom is -0.385 e. The van der Waals surface area contributed by atoms with Crippen LogP contribution in [0.5, 0.6) is 0 Å². The molecule has 18 heavy (non-hydrogen) atoms. The van der Waals surface area contributed by atoms with Crippen molar-refractivity contribution in [3.63, 3.8) is 0 Å². The lowest BCUT2D eigenvalue weighted by Crippen LogP contribution is -2.28. The SMILES string of the molecule is CCN(C)S(=O)(=O)c1ccc(C)c2c1CCCN2. The van der Waals surface area contributed by atoms with E-state index in [4.69, 9.17) is 0 Å². The summed E-state index contributed by atoms with van der Waals surface area (Å²) in [5.74, 6) is 0. The first-order valence-electron chi connectivity index (χ1n) is 6.31. The number of nitrogens with one attached hydrogen (secondary N) is 1. The molecule has 0 fully saturated rings. The van der Waals surface area contributed by atoms with Gasteiger partial charge in [0.25, 0.3) is 0 Å². The van der Waals surface area contributed by atoms with Crippen molar-refractivity contribution in [3.8, 4) is 0 Å². The van der Waals surface area contributed by atoms with Gasteiger partial charge in [-0.25, -0.2) is 12.7 Å². The molecule has 5 heteroatoms. The molecule has 2 rings (SSSR count).